The summed E-state index contributed by atoms with van der Waals surface area (Å²) in [6, 6.07) is 16.0. The molecule has 5 nitrogen and oxygen atoms in total. The Morgan fingerprint density at radius 1 is 1.03 bits per heavy atom. The molecule has 154 valence electrons. The molecule has 1 atom stereocenters. The number of rotatable bonds is 6. The van der Waals surface area contributed by atoms with Crippen LogP contribution >= 0.6 is 0 Å². The SMILES string of the molecule is CC(C)(C)CC(=O)Nc1ccc(CC(=O)NCC2NCCc3ccccc32)cc1. The highest BCUT2D eigenvalue weighted by Crippen LogP contribution is 2.22. The van der Waals surface area contributed by atoms with E-state index in [1.165, 1.54) is 11.1 Å². The van der Waals surface area contributed by atoms with Crippen molar-refractivity contribution < 1.29 is 9.59 Å². The van der Waals surface area contributed by atoms with Crippen LogP contribution in [-0.2, 0) is 22.4 Å². The van der Waals surface area contributed by atoms with Crippen LogP contribution in [0.25, 0.3) is 0 Å². The van der Waals surface area contributed by atoms with E-state index in [2.05, 4.69) is 34.1 Å². The Labute approximate surface area is 173 Å². The zero-order valence-electron chi connectivity index (χ0n) is 17.5. The van der Waals surface area contributed by atoms with Gasteiger partial charge in [0, 0.05) is 24.7 Å². The summed E-state index contributed by atoms with van der Waals surface area (Å²) in [5, 5.41) is 9.43. The summed E-state index contributed by atoms with van der Waals surface area (Å²) in [6.07, 6.45) is 1.82. The Morgan fingerprint density at radius 2 is 1.76 bits per heavy atom. The van der Waals surface area contributed by atoms with Crippen molar-refractivity contribution in [3.63, 3.8) is 0 Å². The van der Waals surface area contributed by atoms with Gasteiger partial charge >= 0.3 is 0 Å². The maximum Gasteiger partial charge on any atom is 0.224 e. The minimum atomic E-state index is -0.0458. The first-order valence-electron chi connectivity index (χ1n) is 10.3. The van der Waals surface area contributed by atoms with Crippen LogP contribution in [0.15, 0.2) is 48.5 Å². The first kappa shape index (κ1) is 21.1. The fourth-order valence-corrected chi connectivity index (χ4v) is 3.63. The van der Waals surface area contributed by atoms with Crippen LogP contribution in [0, 0.1) is 5.41 Å². The molecule has 0 radical (unpaired) electrons. The number of hydrogen-bond acceptors (Lipinski definition) is 3. The van der Waals surface area contributed by atoms with Crippen LogP contribution in [0.3, 0.4) is 0 Å². The Morgan fingerprint density at radius 3 is 2.48 bits per heavy atom. The van der Waals surface area contributed by atoms with E-state index in [-0.39, 0.29) is 23.3 Å². The average Bonchev–Trinajstić information content (AvgIpc) is 2.66. The van der Waals surface area contributed by atoms with Gasteiger partial charge in [-0.3, -0.25) is 9.59 Å². The van der Waals surface area contributed by atoms with Crippen LogP contribution in [0.4, 0.5) is 5.69 Å². The molecule has 5 heteroatoms. The maximum atomic E-state index is 12.4. The van der Waals surface area contributed by atoms with Crippen molar-refractivity contribution in [3.8, 4) is 0 Å². The topological polar surface area (TPSA) is 70.2 Å². The molecule has 29 heavy (non-hydrogen) atoms. The second kappa shape index (κ2) is 9.23. The lowest BCUT2D eigenvalue weighted by Crippen LogP contribution is -2.39. The number of anilines is 1. The monoisotopic (exact) mass is 393 g/mol. The third kappa shape index (κ3) is 6.43. The van der Waals surface area contributed by atoms with Gasteiger partial charge in [-0.25, -0.2) is 0 Å². The molecule has 3 rings (SSSR count). The number of carbonyl (C=O) groups is 2. The van der Waals surface area contributed by atoms with E-state index in [0.717, 1.165) is 24.2 Å². The van der Waals surface area contributed by atoms with Gasteiger partial charge in [0.1, 0.15) is 0 Å². The highest BCUT2D eigenvalue weighted by atomic mass is 16.2. The summed E-state index contributed by atoms with van der Waals surface area (Å²) in [6.45, 7) is 7.62. The highest BCUT2D eigenvalue weighted by Gasteiger charge is 2.19. The molecule has 0 saturated heterocycles. The summed E-state index contributed by atoms with van der Waals surface area (Å²) in [5.74, 6) is 0.00243. The Kier molecular flexibility index (Phi) is 6.70. The van der Waals surface area contributed by atoms with E-state index in [0.29, 0.717) is 19.4 Å². The van der Waals surface area contributed by atoms with Crippen LogP contribution in [0.5, 0.6) is 0 Å². The zero-order chi connectivity index (χ0) is 20.9. The third-order valence-electron chi connectivity index (χ3n) is 5.01. The van der Waals surface area contributed by atoms with Crippen molar-refractivity contribution in [1.82, 2.24) is 10.6 Å². The van der Waals surface area contributed by atoms with Gasteiger partial charge in [0.25, 0.3) is 0 Å². The van der Waals surface area contributed by atoms with Gasteiger partial charge in [0.2, 0.25) is 11.8 Å². The summed E-state index contributed by atoms with van der Waals surface area (Å²) in [4.78, 5) is 24.4. The number of hydrogen-bond donors (Lipinski definition) is 3. The molecular formula is C24H31N3O2. The van der Waals surface area contributed by atoms with E-state index in [1.807, 2.05) is 51.1 Å². The zero-order valence-corrected chi connectivity index (χ0v) is 17.5. The van der Waals surface area contributed by atoms with Gasteiger partial charge in [0.15, 0.2) is 0 Å². The van der Waals surface area contributed by atoms with Gasteiger partial charge in [0.05, 0.1) is 6.42 Å². The normalized spacial score (nSPS) is 16.0. The van der Waals surface area contributed by atoms with Gasteiger partial charge < -0.3 is 16.0 Å². The molecule has 0 bridgehead atoms. The number of fused-ring (bicyclic) bond motifs is 1. The molecule has 0 spiro atoms. The second-order valence-corrected chi connectivity index (χ2v) is 8.92. The number of carbonyl (C=O) groups excluding carboxylic acids is 2. The van der Waals surface area contributed by atoms with Crippen molar-refractivity contribution in [3.05, 3.63) is 65.2 Å². The molecule has 2 amide bonds. The summed E-state index contributed by atoms with van der Waals surface area (Å²) < 4.78 is 0. The van der Waals surface area contributed by atoms with Crippen LogP contribution < -0.4 is 16.0 Å². The molecule has 1 aliphatic rings. The summed E-state index contributed by atoms with van der Waals surface area (Å²) >= 11 is 0. The summed E-state index contributed by atoms with van der Waals surface area (Å²) in [7, 11) is 0. The van der Waals surface area contributed by atoms with Gasteiger partial charge in [-0.1, -0.05) is 57.2 Å². The molecular weight excluding hydrogens is 362 g/mol. The Hall–Kier alpha value is -2.66. The number of amides is 2. The molecule has 3 N–H and O–H groups in total. The van der Waals surface area contributed by atoms with E-state index in [4.69, 9.17) is 0 Å². The molecule has 0 aliphatic carbocycles. The largest absolute Gasteiger partial charge is 0.354 e. The fourth-order valence-electron chi connectivity index (χ4n) is 3.63. The van der Waals surface area contributed by atoms with Gasteiger partial charge in [-0.15, -0.1) is 0 Å². The Balaban J connectivity index is 1.48. The lowest BCUT2D eigenvalue weighted by molar-refractivity contribution is -0.120. The molecule has 2 aromatic rings. The third-order valence-corrected chi connectivity index (χ3v) is 5.01. The minimum absolute atomic E-state index is 0.000581. The molecule has 1 unspecified atom stereocenters. The average molecular weight is 394 g/mol. The lowest BCUT2D eigenvalue weighted by Gasteiger charge is -2.27. The van der Waals surface area contributed by atoms with E-state index < -0.39 is 0 Å². The smallest absolute Gasteiger partial charge is 0.224 e. The van der Waals surface area contributed by atoms with E-state index in [9.17, 15) is 9.59 Å². The van der Waals surface area contributed by atoms with Crippen molar-refractivity contribution in [1.29, 1.82) is 0 Å². The van der Waals surface area contributed by atoms with Crippen LogP contribution in [0.2, 0.25) is 0 Å². The maximum absolute atomic E-state index is 12.4. The summed E-state index contributed by atoms with van der Waals surface area (Å²) in [5.41, 5.74) is 4.26. The minimum Gasteiger partial charge on any atom is -0.354 e. The lowest BCUT2D eigenvalue weighted by atomic mass is 9.92. The van der Waals surface area contributed by atoms with E-state index in [1.54, 1.807) is 0 Å². The molecule has 0 fully saturated rings. The van der Waals surface area contributed by atoms with Gasteiger partial charge in [-0.2, -0.15) is 0 Å². The van der Waals surface area contributed by atoms with Crippen molar-refractivity contribution in [2.24, 2.45) is 5.41 Å². The quantitative estimate of drug-likeness (QED) is 0.702. The molecule has 2 aromatic carbocycles. The molecule has 0 aromatic heterocycles. The van der Waals surface area contributed by atoms with Crippen molar-refractivity contribution in [2.45, 2.75) is 46.1 Å². The second-order valence-electron chi connectivity index (χ2n) is 8.92. The predicted molar refractivity (Wildman–Crippen MR) is 117 cm³/mol. The molecule has 1 heterocycles. The van der Waals surface area contributed by atoms with E-state index >= 15 is 0 Å². The molecule has 0 saturated carbocycles. The first-order valence-corrected chi connectivity index (χ1v) is 10.3. The molecule has 1 aliphatic heterocycles. The Bertz CT molecular complexity index is 853. The van der Waals surface area contributed by atoms with Crippen LogP contribution in [0.1, 0.15) is 49.9 Å². The first-order chi connectivity index (χ1) is 13.8. The van der Waals surface area contributed by atoms with Crippen molar-refractivity contribution in [2.75, 3.05) is 18.4 Å². The highest BCUT2D eigenvalue weighted by molar-refractivity contribution is 5.91. The number of benzene rings is 2. The van der Waals surface area contributed by atoms with Crippen molar-refractivity contribution >= 4 is 17.5 Å². The standard InChI is InChI=1S/C24H31N3O2/c1-24(2,3)15-23(29)27-19-10-8-17(9-11-19)14-22(28)26-16-21-20-7-5-4-6-18(20)12-13-25-21/h4-11,21,25H,12-16H2,1-3H3,(H,26,28)(H,27,29). The van der Waals surface area contributed by atoms with Crippen LogP contribution in [-0.4, -0.2) is 24.9 Å². The number of nitrogens with one attached hydrogen (secondary N) is 3. The van der Waals surface area contributed by atoms with Gasteiger partial charge in [-0.05, 0) is 47.2 Å². The fraction of sp³-hybridized carbons (Fsp3) is 0.417. The predicted octanol–water partition coefficient (Wildman–Crippen LogP) is 3.61.